The maximum absolute atomic E-state index is 13.4. The number of alkyl halides is 2. The lowest BCUT2D eigenvalue weighted by atomic mass is 9.89. The Morgan fingerprint density at radius 2 is 1.68 bits per heavy atom. The lowest BCUT2D eigenvalue weighted by Gasteiger charge is -2.34. The lowest BCUT2D eigenvalue weighted by molar-refractivity contribution is -0.286. The number of aliphatic imine (C=N–C) groups is 1. The fraction of sp³-hybridized carbons (Fsp3) is 0.500. The van der Waals surface area contributed by atoms with E-state index >= 15 is 0 Å². The molecule has 0 unspecified atom stereocenters. The number of benzene rings is 2. The van der Waals surface area contributed by atoms with Gasteiger partial charge in [0.05, 0.1) is 11.9 Å². The molecule has 11 nitrogen and oxygen atoms in total. The number of amidine groups is 1. The van der Waals surface area contributed by atoms with Crippen molar-refractivity contribution >= 4 is 27.7 Å². The first kappa shape index (κ1) is 30.4. The van der Waals surface area contributed by atoms with Crippen molar-refractivity contribution in [3.63, 3.8) is 0 Å². The molecule has 2 N–H and O–H groups in total. The van der Waals surface area contributed by atoms with Crippen molar-refractivity contribution in [1.29, 1.82) is 0 Å². The van der Waals surface area contributed by atoms with Crippen molar-refractivity contribution in [3.8, 4) is 11.5 Å². The molecule has 0 radical (unpaired) electrons. The molecule has 0 bridgehead atoms. The number of halogens is 2. The van der Waals surface area contributed by atoms with Gasteiger partial charge < -0.3 is 24.8 Å². The molecule has 6 rings (SSSR count). The molecule has 2 fully saturated rings. The van der Waals surface area contributed by atoms with Crippen molar-refractivity contribution < 1.29 is 41.4 Å². The zero-order valence-electron chi connectivity index (χ0n) is 24.4. The Morgan fingerprint density at radius 1 is 1.05 bits per heavy atom. The predicted molar refractivity (Wildman–Crippen MR) is 155 cm³/mol. The molecule has 14 heteroatoms. The third kappa shape index (κ3) is 5.77. The number of hydrogen-bond donors (Lipinski definition) is 2. The number of aliphatic hydroxyl groups is 1. The molecule has 0 saturated carbocycles. The van der Waals surface area contributed by atoms with Crippen LogP contribution in [0.2, 0.25) is 0 Å². The van der Waals surface area contributed by atoms with Crippen LogP contribution in [-0.2, 0) is 21.2 Å². The first-order valence-corrected chi connectivity index (χ1v) is 16.2. The number of aryl methyl sites for hydroxylation is 2. The summed E-state index contributed by atoms with van der Waals surface area (Å²) in [4.78, 5) is 32.3. The van der Waals surface area contributed by atoms with Crippen LogP contribution in [0.5, 0.6) is 11.5 Å². The molecule has 4 aliphatic heterocycles. The number of nitrogens with one attached hydrogen (secondary N) is 1. The SMILES string of the molecule is Cc1cc(C(=O)N2CCC(O)CC2)cc(C)c1CCS(=O)(=O)N1CCC2(CC1)N=C(c1ccc3c(c1)OC(F)(F)O3)NC2=O. The Labute approximate surface area is 253 Å². The molecular formula is C30H34F2N4O7S. The van der Waals surface area contributed by atoms with Gasteiger partial charge in [0, 0.05) is 37.3 Å². The van der Waals surface area contributed by atoms with Crippen LogP contribution in [0.25, 0.3) is 0 Å². The van der Waals surface area contributed by atoms with Gasteiger partial charge >= 0.3 is 6.29 Å². The maximum atomic E-state index is 13.4. The highest BCUT2D eigenvalue weighted by Gasteiger charge is 2.48. The first-order chi connectivity index (χ1) is 20.8. The smallest absolute Gasteiger partial charge is 0.395 e. The van der Waals surface area contributed by atoms with E-state index in [9.17, 15) is 31.9 Å². The van der Waals surface area contributed by atoms with Crippen molar-refractivity contribution in [3.05, 3.63) is 58.1 Å². The average molecular weight is 633 g/mol. The van der Waals surface area contributed by atoms with Gasteiger partial charge in [-0.2, -0.15) is 0 Å². The number of carbonyl (C=O) groups is 2. The summed E-state index contributed by atoms with van der Waals surface area (Å²) in [7, 11) is -3.66. The number of hydrogen-bond acceptors (Lipinski definition) is 8. The summed E-state index contributed by atoms with van der Waals surface area (Å²) in [5.41, 5.74) is 2.34. The van der Waals surface area contributed by atoms with Gasteiger partial charge in [-0.3, -0.25) is 14.6 Å². The van der Waals surface area contributed by atoms with Gasteiger partial charge in [-0.05, 0) is 93.0 Å². The molecule has 236 valence electrons. The summed E-state index contributed by atoms with van der Waals surface area (Å²) >= 11 is 0. The van der Waals surface area contributed by atoms with E-state index in [1.54, 1.807) is 17.0 Å². The van der Waals surface area contributed by atoms with Gasteiger partial charge in [0.15, 0.2) is 11.5 Å². The second kappa shape index (κ2) is 11.1. The minimum Gasteiger partial charge on any atom is -0.395 e. The van der Waals surface area contributed by atoms with E-state index in [4.69, 9.17) is 0 Å². The first-order valence-electron chi connectivity index (χ1n) is 14.6. The monoisotopic (exact) mass is 632 g/mol. The van der Waals surface area contributed by atoms with Crippen LogP contribution in [0.4, 0.5) is 8.78 Å². The van der Waals surface area contributed by atoms with E-state index < -0.39 is 21.9 Å². The molecule has 0 aliphatic carbocycles. The molecule has 2 amide bonds. The normalized spacial score (nSPS) is 21.4. The number of sulfonamides is 1. The quantitative estimate of drug-likeness (QED) is 0.499. The second-order valence-electron chi connectivity index (χ2n) is 11.9. The zero-order valence-corrected chi connectivity index (χ0v) is 25.3. The molecule has 44 heavy (non-hydrogen) atoms. The van der Waals surface area contributed by atoms with E-state index in [1.807, 2.05) is 13.8 Å². The third-order valence-corrected chi connectivity index (χ3v) is 10.8. The fourth-order valence-corrected chi connectivity index (χ4v) is 7.80. The highest BCUT2D eigenvalue weighted by Crippen LogP contribution is 2.42. The molecule has 0 atom stereocenters. The van der Waals surface area contributed by atoms with Crippen molar-refractivity contribution in [1.82, 2.24) is 14.5 Å². The van der Waals surface area contributed by atoms with Crippen LogP contribution < -0.4 is 14.8 Å². The summed E-state index contributed by atoms with van der Waals surface area (Å²) in [6, 6.07) is 7.72. The van der Waals surface area contributed by atoms with E-state index in [0.29, 0.717) is 37.1 Å². The third-order valence-electron chi connectivity index (χ3n) is 8.90. The topological polar surface area (TPSA) is 138 Å². The number of nitrogens with zero attached hydrogens (tertiary/aromatic N) is 3. The van der Waals surface area contributed by atoms with Crippen LogP contribution in [0.1, 0.15) is 58.3 Å². The number of piperidine rings is 2. The standard InChI is InChI=1S/C30H34F2N4O7S/c1-18-15-21(27(38)35-10-5-22(37)6-11-35)16-19(2)23(18)7-14-44(40,41)36-12-8-29(9-13-36)28(39)33-26(34-29)20-3-4-24-25(17-20)43-30(31,32)42-24/h3-4,15-17,22,37H,5-14H2,1-2H3,(H,33,34,39). The minimum atomic E-state index is -3.76. The minimum absolute atomic E-state index is 0.0913. The van der Waals surface area contributed by atoms with Gasteiger partial charge in [0.1, 0.15) is 11.4 Å². The molecule has 4 heterocycles. The number of rotatable bonds is 6. The predicted octanol–water partition coefficient (Wildman–Crippen LogP) is 2.51. The van der Waals surface area contributed by atoms with Crippen molar-refractivity contribution in [2.45, 2.75) is 63.9 Å². The number of ether oxygens (including phenoxy) is 2. The van der Waals surface area contributed by atoms with Gasteiger partial charge in [-0.1, -0.05) is 0 Å². The van der Waals surface area contributed by atoms with Crippen molar-refractivity contribution in [2.75, 3.05) is 31.9 Å². The number of carbonyl (C=O) groups excluding carboxylic acids is 2. The van der Waals surface area contributed by atoms with E-state index in [-0.39, 0.29) is 73.4 Å². The number of aliphatic hydroxyl groups excluding tert-OH is 1. The lowest BCUT2D eigenvalue weighted by Crippen LogP contribution is -2.50. The van der Waals surface area contributed by atoms with Crippen LogP contribution in [-0.4, -0.2) is 90.2 Å². The Balaban J connectivity index is 1.09. The van der Waals surface area contributed by atoms with Gasteiger partial charge in [0.2, 0.25) is 10.0 Å². The van der Waals surface area contributed by atoms with Gasteiger partial charge in [-0.15, -0.1) is 8.78 Å². The molecule has 1 spiro atoms. The molecular weight excluding hydrogens is 598 g/mol. The average Bonchev–Trinajstić information content (AvgIpc) is 3.46. The summed E-state index contributed by atoms with van der Waals surface area (Å²) in [6.07, 6.45) is -2.41. The fourth-order valence-electron chi connectivity index (χ4n) is 6.35. The van der Waals surface area contributed by atoms with Crippen molar-refractivity contribution in [2.24, 2.45) is 4.99 Å². The Bertz CT molecular complexity index is 1620. The van der Waals surface area contributed by atoms with E-state index in [0.717, 1.165) is 16.7 Å². The summed E-state index contributed by atoms with van der Waals surface area (Å²) < 4.78 is 63.8. The maximum Gasteiger partial charge on any atom is 0.586 e. The van der Waals surface area contributed by atoms with Crippen LogP contribution in [0.3, 0.4) is 0 Å². The Kier molecular flexibility index (Phi) is 7.65. The van der Waals surface area contributed by atoms with Gasteiger partial charge in [0.25, 0.3) is 11.8 Å². The van der Waals surface area contributed by atoms with Crippen LogP contribution in [0, 0.1) is 13.8 Å². The van der Waals surface area contributed by atoms with Crippen LogP contribution in [0.15, 0.2) is 35.3 Å². The highest BCUT2D eigenvalue weighted by molar-refractivity contribution is 7.89. The summed E-state index contributed by atoms with van der Waals surface area (Å²) in [5.74, 6) is -0.660. The zero-order chi connectivity index (χ0) is 31.4. The van der Waals surface area contributed by atoms with E-state index in [2.05, 4.69) is 19.8 Å². The highest BCUT2D eigenvalue weighted by atomic mass is 32.2. The molecule has 0 aromatic heterocycles. The Hall–Kier alpha value is -3.62. The van der Waals surface area contributed by atoms with Crippen LogP contribution >= 0.6 is 0 Å². The largest absolute Gasteiger partial charge is 0.586 e. The summed E-state index contributed by atoms with van der Waals surface area (Å²) in [5, 5.41) is 12.5. The molecule has 2 aromatic carbocycles. The van der Waals surface area contributed by atoms with E-state index in [1.165, 1.54) is 22.5 Å². The Morgan fingerprint density at radius 3 is 2.34 bits per heavy atom. The number of fused-ring (bicyclic) bond motifs is 1. The second-order valence-corrected chi connectivity index (χ2v) is 13.9. The molecule has 2 aromatic rings. The number of likely N-dealkylation sites (tertiary alicyclic amines) is 1. The molecule has 2 saturated heterocycles. The molecule has 4 aliphatic rings. The van der Waals surface area contributed by atoms with Gasteiger partial charge in [-0.25, -0.2) is 12.7 Å². The summed E-state index contributed by atoms with van der Waals surface area (Å²) in [6.45, 7) is 4.96. The number of amides is 2.